The molecule has 0 spiro atoms. The molecule has 4 rings (SSSR count). The van der Waals surface area contributed by atoms with Crippen molar-refractivity contribution in [1.29, 1.82) is 0 Å². The molecule has 1 aliphatic carbocycles. The molecule has 0 saturated heterocycles. The van der Waals surface area contributed by atoms with E-state index in [9.17, 15) is 0 Å². The third-order valence-electron chi connectivity index (χ3n) is 6.10. The molecule has 1 aliphatic rings. The van der Waals surface area contributed by atoms with Crippen LogP contribution in [0, 0.1) is 11.3 Å². The highest BCUT2D eigenvalue weighted by Gasteiger charge is 2.50. The zero-order valence-electron chi connectivity index (χ0n) is 16.4. The van der Waals surface area contributed by atoms with Crippen LogP contribution in [0.15, 0.2) is 35.4 Å². The van der Waals surface area contributed by atoms with E-state index in [0.29, 0.717) is 18.4 Å². The minimum atomic E-state index is 0.0835. The van der Waals surface area contributed by atoms with E-state index in [1.165, 1.54) is 0 Å². The molecule has 1 saturated carbocycles. The van der Waals surface area contributed by atoms with Crippen LogP contribution in [-0.4, -0.2) is 47.7 Å². The van der Waals surface area contributed by atoms with E-state index in [-0.39, 0.29) is 12.0 Å². The van der Waals surface area contributed by atoms with Crippen LogP contribution in [0.25, 0.3) is 0 Å². The highest BCUT2D eigenvalue weighted by Crippen LogP contribution is 2.50. The molecule has 1 fully saturated rings. The van der Waals surface area contributed by atoms with Gasteiger partial charge in [0.05, 0.1) is 25.4 Å². The number of aromatic amines is 2. The zero-order valence-corrected chi connectivity index (χ0v) is 16.4. The highest BCUT2D eigenvalue weighted by atomic mass is 16.5. The summed E-state index contributed by atoms with van der Waals surface area (Å²) in [5.41, 5.74) is 1.11. The monoisotopic (exact) mass is 384 g/mol. The van der Waals surface area contributed by atoms with Crippen molar-refractivity contribution in [2.24, 2.45) is 11.3 Å². The van der Waals surface area contributed by atoms with E-state index < -0.39 is 0 Å². The van der Waals surface area contributed by atoms with Gasteiger partial charge in [-0.2, -0.15) is 0 Å². The molecule has 0 bridgehead atoms. The van der Waals surface area contributed by atoms with Gasteiger partial charge in [0.1, 0.15) is 17.4 Å². The number of aliphatic hydroxyl groups is 1. The molecule has 2 atom stereocenters. The minimum Gasteiger partial charge on any atom is -0.396 e. The number of aliphatic hydroxyl groups excluding tert-OH is 1. The van der Waals surface area contributed by atoms with Crippen LogP contribution in [0.4, 0.5) is 0 Å². The van der Waals surface area contributed by atoms with E-state index in [2.05, 4.69) is 43.8 Å². The summed E-state index contributed by atoms with van der Waals surface area (Å²) in [6.07, 6.45) is 9.83. The smallest absolute Gasteiger partial charge is 0.139 e. The lowest BCUT2D eigenvalue weighted by atomic mass is 9.56. The maximum absolute atomic E-state index is 9.05. The molecule has 0 aromatic carbocycles. The SMILES string of the molecule is CC1(C)[C@H](Cc2cc(CCO)on2)C[C@@H]1N(Cc1ncc[nH]1)Cc1ncc[nH]1. The van der Waals surface area contributed by atoms with E-state index in [1.807, 2.05) is 18.5 Å². The summed E-state index contributed by atoms with van der Waals surface area (Å²) in [7, 11) is 0. The third-order valence-corrected chi connectivity index (χ3v) is 6.10. The second-order valence-corrected chi connectivity index (χ2v) is 8.21. The number of nitrogens with one attached hydrogen (secondary N) is 2. The Balaban J connectivity index is 1.44. The number of hydrogen-bond acceptors (Lipinski definition) is 6. The lowest BCUT2D eigenvalue weighted by Crippen LogP contribution is -2.58. The quantitative estimate of drug-likeness (QED) is 0.523. The van der Waals surface area contributed by atoms with Gasteiger partial charge in [0.15, 0.2) is 0 Å². The third kappa shape index (κ3) is 3.88. The Hall–Kier alpha value is -2.45. The molecular weight excluding hydrogens is 356 g/mol. The Morgan fingerprint density at radius 3 is 2.39 bits per heavy atom. The van der Waals surface area contributed by atoms with Crippen molar-refractivity contribution in [1.82, 2.24) is 30.0 Å². The molecule has 0 radical (unpaired) electrons. The van der Waals surface area contributed by atoms with Crippen molar-refractivity contribution in [2.75, 3.05) is 6.61 Å². The molecule has 3 heterocycles. The van der Waals surface area contributed by atoms with E-state index >= 15 is 0 Å². The first kappa shape index (κ1) is 18.9. The van der Waals surface area contributed by atoms with Gasteiger partial charge >= 0.3 is 0 Å². The van der Waals surface area contributed by atoms with Crippen LogP contribution >= 0.6 is 0 Å². The Labute approximate surface area is 164 Å². The number of H-pyrrole nitrogens is 2. The summed E-state index contributed by atoms with van der Waals surface area (Å²) in [5, 5.41) is 13.2. The summed E-state index contributed by atoms with van der Waals surface area (Å²) in [6, 6.07) is 2.40. The highest BCUT2D eigenvalue weighted by molar-refractivity contribution is 5.12. The number of rotatable bonds is 9. The average molecular weight is 384 g/mol. The first-order valence-electron chi connectivity index (χ1n) is 9.82. The molecule has 0 unspecified atom stereocenters. The summed E-state index contributed by atoms with van der Waals surface area (Å²) >= 11 is 0. The van der Waals surface area contributed by atoms with Crippen LogP contribution in [0.1, 0.15) is 43.4 Å². The predicted octanol–water partition coefficient (Wildman–Crippen LogP) is 2.32. The van der Waals surface area contributed by atoms with Crippen LogP contribution in [0.3, 0.4) is 0 Å². The number of nitrogens with zero attached hydrogens (tertiary/aromatic N) is 4. The fourth-order valence-electron chi connectivity index (χ4n) is 4.32. The first-order valence-corrected chi connectivity index (χ1v) is 9.82. The van der Waals surface area contributed by atoms with Gasteiger partial charge in [-0.1, -0.05) is 19.0 Å². The molecule has 3 aromatic heterocycles. The van der Waals surface area contributed by atoms with Crippen molar-refractivity contribution in [3.8, 4) is 0 Å². The van der Waals surface area contributed by atoms with E-state index in [0.717, 1.165) is 49.0 Å². The lowest BCUT2D eigenvalue weighted by Gasteiger charge is -2.56. The molecule has 3 aromatic rings. The van der Waals surface area contributed by atoms with E-state index in [1.54, 1.807) is 12.4 Å². The fraction of sp³-hybridized carbons (Fsp3) is 0.550. The van der Waals surface area contributed by atoms with Crippen LogP contribution in [0.5, 0.6) is 0 Å². The fourth-order valence-corrected chi connectivity index (χ4v) is 4.32. The van der Waals surface area contributed by atoms with Gasteiger partial charge < -0.3 is 19.6 Å². The van der Waals surface area contributed by atoms with Crippen molar-refractivity contribution < 1.29 is 9.63 Å². The van der Waals surface area contributed by atoms with Gasteiger partial charge in [-0.25, -0.2) is 9.97 Å². The van der Waals surface area contributed by atoms with Gasteiger partial charge in [0.2, 0.25) is 0 Å². The van der Waals surface area contributed by atoms with Crippen molar-refractivity contribution in [2.45, 2.75) is 52.2 Å². The van der Waals surface area contributed by atoms with Crippen molar-refractivity contribution in [3.63, 3.8) is 0 Å². The van der Waals surface area contributed by atoms with Gasteiger partial charge in [-0.15, -0.1) is 0 Å². The largest absolute Gasteiger partial charge is 0.396 e. The molecule has 3 N–H and O–H groups in total. The summed E-state index contributed by atoms with van der Waals surface area (Å²) < 4.78 is 5.31. The topological polar surface area (TPSA) is 107 Å². The van der Waals surface area contributed by atoms with Gasteiger partial charge in [0.25, 0.3) is 0 Å². The van der Waals surface area contributed by atoms with Gasteiger partial charge in [-0.3, -0.25) is 4.90 Å². The molecule has 8 nitrogen and oxygen atoms in total. The second-order valence-electron chi connectivity index (χ2n) is 8.21. The lowest BCUT2D eigenvalue weighted by molar-refractivity contribution is -0.0727. The normalized spacial score (nSPS) is 21.1. The molecule has 0 aliphatic heterocycles. The van der Waals surface area contributed by atoms with Crippen LogP contribution in [-0.2, 0) is 25.9 Å². The first-order chi connectivity index (χ1) is 13.6. The van der Waals surface area contributed by atoms with Crippen molar-refractivity contribution in [3.05, 3.63) is 54.0 Å². The molecular formula is C20H28N6O2. The predicted molar refractivity (Wildman–Crippen MR) is 103 cm³/mol. The summed E-state index contributed by atoms with van der Waals surface area (Å²) in [5.74, 6) is 3.22. The average Bonchev–Trinajstić information content (AvgIpc) is 3.42. The number of aromatic nitrogens is 5. The Morgan fingerprint density at radius 2 is 1.86 bits per heavy atom. The molecule has 8 heteroatoms. The van der Waals surface area contributed by atoms with Crippen LogP contribution in [0.2, 0.25) is 0 Å². The summed E-state index contributed by atoms with van der Waals surface area (Å²) in [6.45, 7) is 6.27. The summed E-state index contributed by atoms with van der Waals surface area (Å²) in [4.78, 5) is 17.7. The second kappa shape index (κ2) is 7.89. The Morgan fingerprint density at radius 1 is 1.18 bits per heavy atom. The Bertz CT molecular complexity index is 819. The maximum atomic E-state index is 9.05. The standard InChI is InChI=1S/C20H28N6O2/c1-20(2)14(9-15-11-16(3-8-27)28-25-15)10-17(20)26(12-18-21-4-5-22-18)13-19-23-6-7-24-19/h4-7,11,14,17,27H,3,8-10,12-13H2,1-2H3,(H,21,22)(H,23,24)/t14-,17+/m1/s1. The molecule has 28 heavy (non-hydrogen) atoms. The van der Waals surface area contributed by atoms with Gasteiger partial charge in [0, 0.05) is 43.3 Å². The maximum Gasteiger partial charge on any atom is 0.139 e. The molecule has 0 amide bonds. The molecule has 150 valence electrons. The number of hydrogen-bond donors (Lipinski definition) is 3. The Kier molecular flexibility index (Phi) is 5.32. The van der Waals surface area contributed by atoms with Crippen molar-refractivity contribution >= 4 is 0 Å². The van der Waals surface area contributed by atoms with Crippen LogP contribution < -0.4 is 0 Å². The minimum absolute atomic E-state index is 0.0835. The number of imidazole rings is 2. The van der Waals surface area contributed by atoms with E-state index in [4.69, 9.17) is 9.63 Å². The van der Waals surface area contributed by atoms with Gasteiger partial charge in [-0.05, 0) is 24.2 Å². The zero-order chi connectivity index (χ0) is 19.6.